The van der Waals surface area contributed by atoms with Crippen molar-refractivity contribution in [3.63, 3.8) is 0 Å². The molecule has 0 spiro atoms. The zero-order valence-electron chi connectivity index (χ0n) is 10.1. The Hall–Kier alpha value is -1.01. The quantitative estimate of drug-likeness (QED) is 0.889. The molecule has 2 aromatic rings. The van der Waals surface area contributed by atoms with Gasteiger partial charge in [-0.2, -0.15) is 0 Å². The summed E-state index contributed by atoms with van der Waals surface area (Å²) in [6.45, 7) is 0.660. The molecule has 1 aromatic heterocycles. The molecule has 1 aromatic carbocycles. The van der Waals surface area contributed by atoms with E-state index < -0.39 is 0 Å². The molecule has 4 nitrogen and oxygen atoms in total. The van der Waals surface area contributed by atoms with Gasteiger partial charge in [0.05, 0.1) is 23.8 Å². The third kappa shape index (κ3) is 2.87. The average molecular weight is 375 g/mol. The van der Waals surface area contributed by atoms with Crippen molar-refractivity contribution in [3.8, 4) is 5.75 Å². The van der Waals surface area contributed by atoms with Crippen LogP contribution in [-0.2, 0) is 13.6 Å². The molecule has 0 amide bonds. The summed E-state index contributed by atoms with van der Waals surface area (Å²) in [5, 5.41) is 3.33. The highest BCUT2D eigenvalue weighted by molar-refractivity contribution is 9.11. The lowest BCUT2D eigenvalue weighted by molar-refractivity contribution is 0.412. The fraction of sp³-hybridized carbons (Fsp3) is 0.250. The van der Waals surface area contributed by atoms with Crippen molar-refractivity contribution in [3.05, 3.63) is 39.3 Å². The highest BCUT2D eigenvalue weighted by Crippen LogP contribution is 2.34. The van der Waals surface area contributed by atoms with Crippen molar-refractivity contribution in [2.75, 3.05) is 12.4 Å². The van der Waals surface area contributed by atoms with Crippen LogP contribution >= 0.6 is 31.9 Å². The monoisotopic (exact) mass is 373 g/mol. The van der Waals surface area contributed by atoms with Gasteiger partial charge in [-0.05, 0) is 37.9 Å². The second kappa shape index (κ2) is 5.75. The zero-order valence-corrected chi connectivity index (χ0v) is 13.2. The van der Waals surface area contributed by atoms with Gasteiger partial charge < -0.3 is 14.6 Å². The molecule has 1 heterocycles. The van der Waals surface area contributed by atoms with Gasteiger partial charge in [-0.3, -0.25) is 0 Å². The number of ether oxygens (including phenoxy) is 1. The lowest BCUT2D eigenvalue weighted by Gasteiger charge is -2.11. The van der Waals surface area contributed by atoms with Gasteiger partial charge in [0.2, 0.25) is 0 Å². The second-order valence-corrected chi connectivity index (χ2v) is 5.48. The molecule has 0 saturated carbocycles. The van der Waals surface area contributed by atoms with Gasteiger partial charge in [-0.15, -0.1) is 0 Å². The Kier molecular flexibility index (Phi) is 4.29. The molecule has 6 heteroatoms. The topological polar surface area (TPSA) is 39.1 Å². The number of hydrogen-bond donors (Lipinski definition) is 1. The van der Waals surface area contributed by atoms with Gasteiger partial charge in [0.25, 0.3) is 0 Å². The lowest BCUT2D eigenvalue weighted by Crippen LogP contribution is -2.06. The molecule has 0 radical (unpaired) electrons. The van der Waals surface area contributed by atoms with Crippen molar-refractivity contribution in [2.24, 2.45) is 7.05 Å². The van der Waals surface area contributed by atoms with Gasteiger partial charge in [-0.1, -0.05) is 0 Å². The minimum Gasteiger partial charge on any atom is -0.495 e. The number of methoxy groups -OCH3 is 1. The first-order valence-corrected chi connectivity index (χ1v) is 6.93. The van der Waals surface area contributed by atoms with Crippen LogP contribution in [0.4, 0.5) is 5.69 Å². The maximum absolute atomic E-state index is 5.27. The van der Waals surface area contributed by atoms with Crippen LogP contribution in [0.3, 0.4) is 0 Å². The van der Waals surface area contributed by atoms with Gasteiger partial charge in [0, 0.05) is 30.0 Å². The Bertz CT molecular complexity index is 554. The number of aryl methyl sites for hydroxylation is 1. The maximum Gasteiger partial charge on any atom is 0.135 e. The molecule has 0 atom stereocenters. The molecule has 0 aliphatic rings. The lowest BCUT2D eigenvalue weighted by atomic mass is 10.3. The minimum absolute atomic E-state index is 0.660. The molecular formula is C12H13Br2N3O. The average Bonchev–Trinajstić information content (AvgIpc) is 2.74. The highest BCUT2D eigenvalue weighted by Gasteiger charge is 2.07. The zero-order chi connectivity index (χ0) is 13.1. The van der Waals surface area contributed by atoms with Gasteiger partial charge >= 0.3 is 0 Å². The summed E-state index contributed by atoms with van der Waals surface area (Å²) in [5.74, 6) is 1.77. The number of benzene rings is 1. The third-order valence-electron chi connectivity index (χ3n) is 2.60. The van der Waals surface area contributed by atoms with E-state index in [1.165, 1.54) is 0 Å². The van der Waals surface area contributed by atoms with E-state index in [4.69, 9.17) is 4.74 Å². The molecule has 0 unspecified atom stereocenters. The Labute approximate surface area is 123 Å². The van der Waals surface area contributed by atoms with Gasteiger partial charge in [0.15, 0.2) is 0 Å². The van der Waals surface area contributed by atoms with Gasteiger partial charge in [0.1, 0.15) is 11.6 Å². The number of imidazole rings is 1. The predicted octanol–water partition coefficient (Wildman–Crippen LogP) is 3.57. The number of aromatic nitrogens is 2. The molecule has 0 bridgehead atoms. The normalized spacial score (nSPS) is 10.4. The Morgan fingerprint density at radius 2 is 2.11 bits per heavy atom. The summed E-state index contributed by atoms with van der Waals surface area (Å²) in [5.41, 5.74) is 0.970. The molecule has 0 saturated heterocycles. The molecule has 1 N–H and O–H groups in total. The van der Waals surface area contributed by atoms with E-state index in [-0.39, 0.29) is 0 Å². The number of nitrogens with one attached hydrogen (secondary N) is 1. The Morgan fingerprint density at radius 1 is 1.33 bits per heavy atom. The van der Waals surface area contributed by atoms with Gasteiger partial charge in [-0.25, -0.2) is 4.98 Å². The van der Waals surface area contributed by atoms with E-state index in [1.54, 1.807) is 13.3 Å². The largest absolute Gasteiger partial charge is 0.495 e. The third-order valence-corrected chi connectivity index (χ3v) is 3.88. The van der Waals surface area contributed by atoms with Crippen LogP contribution in [-0.4, -0.2) is 16.7 Å². The van der Waals surface area contributed by atoms with E-state index in [2.05, 4.69) is 42.2 Å². The van der Waals surface area contributed by atoms with Crippen LogP contribution in [0.1, 0.15) is 5.82 Å². The van der Waals surface area contributed by atoms with Crippen LogP contribution in [0.15, 0.2) is 33.5 Å². The van der Waals surface area contributed by atoms with Crippen LogP contribution in [0, 0.1) is 0 Å². The molecule has 0 aliphatic heterocycles. The summed E-state index contributed by atoms with van der Waals surface area (Å²) in [6, 6.07) is 3.90. The van der Waals surface area contributed by atoms with E-state index in [1.807, 2.05) is 29.9 Å². The fourth-order valence-electron chi connectivity index (χ4n) is 1.56. The van der Waals surface area contributed by atoms with Crippen LogP contribution in [0.25, 0.3) is 0 Å². The standard InChI is InChI=1S/C12H13Br2N3O/c1-17-4-3-15-12(17)7-16-10-6-11(18-2)9(14)5-8(10)13/h3-6,16H,7H2,1-2H3. The number of rotatable bonds is 4. The number of anilines is 1. The SMILES string of the molecule is COc1cc(NCc2nccn2C)c(Br)cc1Br. The number of hydrogen-bond acceptors (Lipinski definition) is 3. The molecule has 0 fully saturated rings. The van der Waals surface area contributed by atoms with E-state index in [0.29, 0.717) is 6.54 Å². The van der Waals surface area contributed by atoms with Crippen LogP contribution in [0.5, 0.6) is 5.75 Å². The highest BCUT2D eigenvalue weighted by atomic mass is 79.9. The van der Waals surface area contributed by atoms with Crippen molar-refractivity contribution < 1.29 is 4.74 Å². The smallest absolute Gasteiger partial charge is 0.135 e. The second-order valence-electron chi connectivity index (χ2n) is 3.77. The summed E-state index contributed by atoms with van der Waals surface area (Å²) < 4.78 is 9.15. The summed E-state index contributed by atoms with van der Waals surface area (Å²) in [4.78, 5) is 4.27. The minimum atomic E-state index is 0.660. The molecular weight excluding hydrogens is 362 g/mol. The Morgan fingerprint density at radius 3 is 2.72 bits per heavy atom. The first-order chi connectivity index (χ1) is 8.61. The first kappa shape index (κ1) is 13.4. The summed E-state index contributed by atoms with van der Waals surface area (Å²) in [6.07, 6.45) is 3.71. The number of nitrogens with zero attached hydrogens (tertiary/aromatic N) is 2. The van der Waals surface area contributed by atoms with E-state index in [0.717, 1.165) is 26.2 Å². The first-order valence-electron chi connectivity index (χ1n) is 5.35. The molecule has 18 heavy (non-hydrogen) atoms. The van der Waals surface area contributed by atoms with E-state index >= 15 is 0 Å². The summed E-state index contributed by atoms with van der Waals surface area (Å²) in [7, 11) is 3.62. The van der Waals surface area contributed by atoms with E-state index in [9.17, 15) is 0 Å². The number of halogens is 2. The molecule has 2 rings (SSSR count). The van der Waals surface area contributed by atoms with Crippen molar-refractivity contribution in [2.45, 2.75) is 6.54 Å². The maximum atomic E-state index is 5.27. The fourth-order valence-corrected chi connectivity index (χ4v) is 2.86. The van der Waals surface area contributed by atoms with Crippen molar-refractivity contribution in [1.82, 2.24) is 9.55 Å². The van der Waals surface area contributed by atoms with Crippen molar-refractivity contribution in [1.29, 1.82) is 0 Å². The van der Waals surface area contributed by atoms with Crippen LogP contribution < -0.4 is 10.1 Å². The molecule has 96 valence electrons. The van der Waals surface area contributed by atoms with Crippen molar-refractivity contribution >= 4 is 37.5 Å². The van der Waals surface area contributed by atoms with Crippen LogP contribution in [0.2, 0.25) is 0 Å². The Balaban J connectivity index is 2.16. The predicted molar refractivity (Wildman–Crippen MR) is 78.9 cm³/mol. The summed E-state index contributed by atoms with van der Waals surface area (Å²) >= 11 is 6.96. The molecule has 0 aliphatic carbocycles.